The Morgan fingerprint density at radius 3 is 2.88 bits per heavy atom. The van der Waals surface area contributed by atoms with Crippen molar-refractivity contribution in [1.82, 2.24) is 9.78 Å². The summed E-state index contributed by atoms with van der Waals surface area (Å²) in [6.45, 7) is 7.78. The van der Waals surface area contributed by atoms with Crippen LogP contribution in [0.15, 0.2) is 24.7 Å². The van der Waals surface area contributed by atoms with Crippen molar-refractivity contribution in [3.63, 3.8) is 0 Å². The Labute approximate surface area is 95.4 Å². The second-order valence-electron chi connectivity index (χ2n) is 4.99. The second-order valence-corrected chi connectivity index (χ2v) is 4.99. The molecule has 2 heterocycles. The number of hydrogen-bond donors (Lipinski definition) is 0. The molecular weight excluding hydrogens is 203 g/mol. The van der Waals surface area contributed by atoms with Crippen molar-refractivity contribution < 1.29 is 9.31 Å². The van der Waals surface area contributed by atoms with Crippen molar-refractivity contribution in [2.24, 2.45) is 0 Å². The average molecular weight is 218 g/mol. The van der Waals surface area contributed by atoms with Gasteiger partial charge in [-0.15, -0.1) is 0 Å². The molecule has 0 bridgehead atoms. The van der Waals surface area contributed by atoms with Crippen LogP contribution in [0.4, 0.5) is 0 Å². The van der Waals surface area contributed by atoms with Gasteiger partial charge in [0.1, 0.15) is 5.60 Å². The molecule has 0 unspecified atom stereocenters. The minimum Gasteiger partial charge on any atom is -0.534 e. The lowest BCUT2D eigenvalue weighted by atomic mass is 9.82. The van der Waals surface area contributed by atoms with Crippen LogP contribution in [0, 0.1) is 0 Å². The first-order valence-corrected chi connectivity index (χ1v) is 5.64. The van der Waals surface area contributed by atoms with Gasteiger partial charge in [0.15, 0.2) is 0 Å². The third-order valence-electron chi connectivity index (χ3n) is 3.14. The van der Waals surface area contributed by atoms with Gasteiger partial charge in [0.05, 0.1) is 18.0 Å². The summed E-state index contributed by atoms with van der Waals surface area (Å²) in [4.78, 5) is 0. The highest BCUT2D eigenvalue weighted by Gasteiger charge is 2.43. The molecule has 1 aromatic rings. The van der Waals surface area contributed by atoms with Crippen LogP contribution in [0.1, 0.15) is 32.7 Å². The number of rotatable bonds is 2. The van der Waals surface area contributed by atoms with E-state index >= 15 is 0 Å². The summed E-state index contributed by atoms with van der Waals surface area (Å²) in [5.74, 6) is 0.677. The molecule has 0 amide bonds. The van der Waals surface area contributed by atoms with Gasteiger partial charge in [0.25, 0.3) is 0 Å². The molecule has 0 radical (unpaired) electrons. The van der Waals surface area contributed by atoms with Crippen molar-refractivity contribution in [3.05, 3.63) is 24.7 Å². The summed E-state index contributed by atoms with van der Waals surface area (Å²) in [5, 5.41) is 4.32. The van der Waals surface area contributed by atoms with E-state index in [0.717, 1.165) is 5.46 Å². The fourth-order valence-corrected chi connectivity index (χ4v) is 1.78. The predicted octanol–water partition coefficient (Wildman–Crippen LogP) is 1.25. The van der Waals surface area contributed by atoms with Gasteiger partial charge < -0.3 is 9.31 Å². The molecule has 1 aliphatic heterocycles. The standard InChI is InChI=1S/C11H15BN2O2/c1-8-11(2,3)16-12(15-8)9-6-13-14(7-9)10-4-5-10/h6-7,10H,1,4-5H2,2-3H3. The normalized spacial score (nSPS) is 23.6. The summed E-state index contributed by atoms with van der Waals surface area (Å²) in [6.07, 6.45) is 6.28. The Morgan fingerprint density at radius 1 is 1.56 bits per heavy atom. The van der Waals surface area contributed by atoms with Crippen LogP contribution in [0.3, 0.4) is 0 Å². The largest absolute Gasteiger partial charge is 0.566 e. The van der Waals surface area contributed by atoms with E-state index in [9.17, 15) is 0 Å². The van der Waals surface area contributed by atoms with Crippen LogP contribution >= 0.6 is 0 Å². The Balaban J connectivity index is 1.80. The van der Waals surface area contributed by atoms with Crippen molar-refractivity contribution in [2.75, 3.05) is 0 Å². The lowest BCUT2D eigenvalue weighted by Crippen LogP contribution is -2.33. The molecule has 4 nitrogen and oxygen atoms in total. The molecule has 1 aliphatic carbocycles. The van der Waals surface area contributed by atoms with Gasteiger partial charge in [0, 0.05) is 11.7 Å². The van der Waals surface area contributed by atoms with Crippen LogP contribution in [0.25, 0.3) is 0 Å². The van der Waals surface area contributed by atoms with Gasteiger partial charge >= 0.3 is 7.12 Å². The Kier molecular flexibility index (Phi) is 1.95. The Morgan fingerprint density at radius 2 is 2.31 bits per heavy atom. The molecule has 0 aromatic carbocycles. The van der Waals surface area contributed by atoms with Crippen LogP contribution in [0.2, 0.25) is 0 Å². The molecule has 0 spiro atoms. The second kappa shape index (κ2) is 3.14. The summed E-state index contributed by atoms with van der Waals surface area (Å²) >= 11 is 0. The maximum atomic E-state index is 5.79. The van der Waals surface area contributed by atoms with Gasteiger partial charge in [-0.2, -0.15) is 5.10 Å². The zero-order valence-electron chi connectivity index (χ0n) is 9.64. The van der Waals surface area contributed by atoms with E-state index in [1.807, 2.05) is 30.9 Å². The first-order chi connectivity index (χ1) is 7.56. The lowest BCUT2D eigenvalue weighted by molar-refractivity contribution is 0.173. The monoisotopic (exact) mass is 218 g/mol. The minimum atomic E-state index is -0.410. The zero-order valence-corrected chi connectivity index (χ0v) is 9.64. The third-order valence-corrected chi connectivity index (χ3v) is 3.14. The van der Waals surface area contributed by atoms with Gasteiger partial charge in [-0.25, -0.2) is 0 Å². The molecule has 0 atom stereocenters. The zero-order chi connectivity index (χ0) is 11.3. The Bertz CT molecular complexity index is 437. The maximum absolute atomic E-state index is 5.79. The molecule has 1 aromatic heterocycles. The van der Waals surface area contributed by atoms with E-state index < -0.39 is 5.60 Å². The molecule has 84 valence electrons. The van der Waals surface area contributed by atoms with Crippen LogP contribution in [0.5, 0.6) is 0 Å². The van der Waals surface area contributed by atoms with Crippen LogP contribution in [-0.4, -0.2) is 22.5 Å². The van der Waals surface area contributed by atoms with Crippen molar-refractivity contribution in [2.45, 2.75) is 38.3 Å². The minimum absolute atomic E-state index is 0.352. The molecule has 16 heavy (non-hydrogen) atoms. The van der Waals surface area contributed by atoms with Gasteiger partial charge in [0.2, 0.25) is 0 Å². The van der Waals surface area contributed by atoms with Gasteiger partial charge in [-0.1, -0.05) is 6.58 Å². The smallest absolute Gasteiger partial charge is 0.534 e. The topological polar surface area (TPSA) is 36.3 Å². The summed E-state index contributed by atoms with van der Waals surface area (Å²) in [7, 11) is -0.352. The van der Waals surface area contributed by atoms with E-state index in [0.29, 0.717) is 11.8 Å². The predicted molar refractivity (Wildman–Crippen MR) is 61.3 cm³/mol. The first kappa shape index (κ1) is 9.96. The van der Waals surface area contributed by atoms with Crippen LogP contribution in [-0.2, 0) is 9.31 Å². The lowest BCUT2D eigenvalue weighted by Gasteiger charge is -2.15. The first-order valence-electron chi connectivity index (χ1n) is 5.64. The highest BCUT2D eigenvalue weighted by Crippen LogP contribution is 2.34. The molecule has 2 fully saturated rings. The third kappa shape index (κ3) is 1.55. The molecule has 1 saturated heterocycles. The van der Waals surface area contributed by atoms with Crippen LogP contribution < -0.4 is 5.46 Å². The van der Waals surface area contributed by atoms with E-state index in [4.69, 9.17) is 9.31 Å². The van der Waals surface area contributed by atoms with E-state index in [2.05, 4.69) is 11.7 Å². The fraction of sp³-hybridized carbons (Fsp3) is 0.545. The maximum Gasteiger partial charge on any atom is 0.566 e. The molecule has 1 saturated carbocycles. The molecule has 5 heteroatoms. The highest BCUT2D eigenvalue weighted by molar-refractivity contribution is 6.62. The molecule has 2 aliphatic rings. The fourth-order valence-electron chi connectivity index (χ4n) is 1.78. The number of nitrogens with zero attached hydrogens (tertiary/aromatic N) is 2. The van der Waals surface area contributed by atoms with Crippen molar-refractivity contribution in [3.8, 4) is 0 Å². The van der Waals surface area contributed by atoms with Gasteiger partial charge in [-0.3, -0.25) is 4.68 Å². The average Bonchev–Trinajstić information content (AvgIpc) is 2.88. The van der Waals surface area contributed by atoms with E-state index in [1.165, 1.54) is 12.8 Å². The summed E-state index contributed by atoms with van der Waals surface area (Å²) < 4.78 is 13.4. The number of hydrogen-bond acceptors (Lipinski definition) is 3. The number of aromatic nitrogens is 2. The Hall–Kier alpha value is -1.23. The SMILES string of the molecule is C=C1OB(c2cnn(C3CC3)c2)OC1(C)C. The van der Waals surface area contributed by atoms with Crippen molar-refractivity contribution in [1.29, 1.82) is 0 Å². The molecule has 0 N–H and O–H groups in total. The van der Waals surface area contributed by atoms with E-state index in [1.54, 1.807) is 0 Å². The quantitative estimate of drug-likeness (QED) is 0.701. The van der Waals surface area contributed by atoms with Crippen molar-refractivity contribution >= 4 is 12.6 Å². The molecule has 3 rings (SSSR count). The summed E-state index contributed by atoms with van der Waals surface area (Å²) in [6, 6.07) is 0.589. The van der Waals surface area contributed by atoms with E-state index in [-0.39, 0.29) is 7.12 Å². The van der Waals surface area contributed by atoms with Gasteiger partial charge in [-0.05, 0) is 26.7 Å². The molecular formula is C11H15BN2O2. The summed E-state index contributed by atoms with van der Waals surface area (Å²) in [5.41, 5.74) is 0.561. The highest BCUT2D eigenvalue weighted by atomic mass is 16.7.